The van der Waals surface area contributed by atoms with E-state index < -0.39 is 18.6 Å². The van der Waals surface area contributed by atoms with Crippen LogP contribution in [-0.4, -0.2) is 34.3 Å². The molecule has 2 amide bonds. The average Bonchev–Trinajstić information content (AvgIpc) is 3.27. The van der Waals surface area contributed by atoms with E-state index in [1.54, 1.807) is 24.0 Å². The van der Waals surface area contributed by atoms with Gasteiger partial charge in [0.1, 0.15) is 6.54 Å². The summed E-state index contributed by atoms with van der Waals surface area (Å²) in [5.74, 6) is -1.34. The van der Waals surface area contributed by atoms with Gasteiger partial charge in [-0.2, -0.15) is 18.3 Å². The number of alkyl halides is 3. The van der Waals surface area contributed by atoms with Crippen LogP contribution in [0.3, 0.4) is 0 Å². The lowest BCUT2D eigenvalue weighted by atomic mass is 10.1. The summed E-state index contributed by atoms with van der Waals surface area (Å²) in [5, 5.41) is 8.53. The van der Waals surface area contributed by atoms with Gasteiger partial charge in [0.05, 0.1) is 17.4 Å². The van der Waals surface area contributed by atoms with Crippen LogP contribution in [0.15, 0.2) is 36.7 Å². The lowest BCUT2D eigenvalue weighted by molar-refractivity contribution is -0.123. The topological polar surface area (TPSA) is 76.0 Å². The molecule has 26 heavy (non-hydrogen) atoms. The van der Waals surface area contributed by atoms with Gasteiger partial charge in [-0.3, -0.25) is 14.3 Å². The minimum atomic E-state index is -4.50. The third-order valence-corrected chi connectivity index (χ3v) is 4.16. The summed E-state index contributed by atoms with van der Waals surface area (Å²) in [6.07, 6.45) is -0.286. The molecule has 3 rings (SSSR count). The van der Waals surface area contributed by atoms with Crippen LogP contribution in [0.2, 0.25) is 0 Å². The van der Waals surface area contributed by atoms with E-state index in [9.17, 15) is 22.8 Å². The highest BCUT2D eigenvalue weighted by molar-refractivity contribution is 6.04. The van der Waals surface area contributed by atoms with Gasteiger partial charge in [0.25, 0.3) is 5.91 Å². The lowest BCUT2D eigenvalue weighted by Crippen LogP contribution is -2.34. The van der Waals surface area contributed by atoms with Crippen molar-refractivity contribution in [1.29, 1.82) is 0 Å². The molecule has 0 spiro atoms. The number of hydrogen-bond acceptors (Lipinski definition) is 3. The Bertz CT molecular complexity index is 831. The molecule has 2 aromatic rings. The number of aryl methyl sites for hydroxylation is 1. The van der Waals surface area contributed by atoms with E-state index in [1.807, 2.05) is 11.5 Å². The zero-order valence-corrected chi connectivity index (χ0v) is 13.9. The number of amides is 2. The van der Waals surface area contributed by atoms with E-state index in [2.05, 4.69) is 10.4 Å². The van der Waals surface area contributed by atoms with E-state index in [1.165, 1.54) is 18.2 Å². The SMILES string of the molecule is Cn1cc(C2CC2C(=O)Nc2ccccc2C(=O)NCC(F)(F)F)cn1. The highest BCUT2D eigenvalue weighted by Gasteiger charge is 2.44. The Hall–Kier alpha value is -2.84. The molecule has 9 heteroatoms. The number of para-hydroxylation sites is 1. The van der Waals surface area contributed by atoms with Crippen LogP contribution >= 0.6 is 0 Å². The summed E-state index contributed by atoms with van der Waals surface area (Å²) in [5.41, 5.74) is 1.14. The van der Waals surface area contributed by atoms with Gasteiger partial charge in [0.15, 0.2) is 0 Å². The van der Waals surface area contributed by atoms with Crippen molar-refractivity contribution in [3.8, 4) is 0 Å². The second kappa shape index (κ2) is 6.81. The quantitative estimate of drug-likeness (QED) is 0.854. The van der Waals surface area contributed by atoms with Crippen LogP contribution in [0, 0.1) is 5.92 Å². The Balaban J connectivity index is 1.65. The Labute approximate surface area is 147 Å². The van der Waals surface area contributed by atoms with Crippen molar-refractivity contribution < 1.29 is 22.8 Å². The summed E-state index contributed by atoms with van der Waals surface area (Å²) >= 11 is 0. The number of carbonyl (C=O) groups is 2. The normalized spacial score (nSPS) is 19.1. The first-order valence-electron chi connectivity index (χ1n) is 7.98. The van der Waals surface area contributed by atoms with Crippen LogP contribution in [0.25, 0.3) is 0 Å². The molecule has 1 fully saturated rings. The van der Waals surface area contributed by atoms with Gasteiger partial charge in [-0.15, -0.1) is 0 Å². The molecular formula is C17H17F3N4O2. The van der Waals surface area contributed by atoms with Gasteiger partial charge in [0.2, 0.25) is 5.91 Å². The fourth-order valence-corrected chi connectivity index (χ4v) is 2.78. The molecule has 1 aromatic carbocycles. The van der Waals surface area contributed by atoms with Crippen LogP contribution in [0.5, 0.6) is 0 Å². The Morgan fingerprint density at radius 2 is 2.04 bits per heavy atom. The monoisotopic (exact) mass is 366 g/mol. The molecule has 2 atom stereocenters. The van der Waals surface area contributed by atoms with Gasteiger partial charge >= 0.3 is 6.18 Å². The molecule has 2 N–H and O–H groups in total. The number of carbonyl (C=O) groups excluding carboxylic acids is 2. The van der Waals surface area contributed by atoms with Crippen molar-refractivity contribution in [2.45, 2.75) is 18.5 Å². The molecule has 0 saturated heterocycles. The molecular weight excluding hydrogens is 349 g/mol. The van der Waals surface area contributed by atoms with Crippen molar-refractivity contribution >= 4 is 17.5 Å². The molecule has 1 aromatic heterocycles. The number of aromatic nitrogens is 2. The molecule has 1 aliphatic rings. The van der Waals surface area contributed by atoms with Crippen molar-refractivity contribution in [1.82, 2.24) is 15.1 Å². The van der Waals surface area contributed by atoms with E-state index in [4.69, 9.17) is 0 Å². The van der Waals surface area contributed by atoms with Crippen LogP contribution in [0.4, 0.5) is 18.9 Å². The highest BCUT2D eigenvalue weighted by Crippen LogP contribution is 2.47. The second-order valence-corrected chi connectivity index (χ2v) is 6.23. The van der Waals surface area contributed by atoms with E-state index in [0.717, 1.165) is 5.56 Å². The average molecular weight is 366 g/mol. The van der Waals surface area contributed by atoms with Gasteiger partial charge in [-0.1, -0.05) is 12.1 Å². The molecule has 0 aliphatic heterocycles. The maximum Gasteiger partial charge on any atom is 0.405 e. The molecule has 138 valence electrons. The number of hydrogen-bond donors (Lipinski definition) is 2. The van der Waals surface area contributed by atoms with Gasteiger partial charge in [0, 0.05) is 19.2 Å². The fraction of sp³-hybridized carbons (Fsp3) is 0.353. The number of rotatable bonds is 5. The third-order valence-electron chi connectivity index (χ3n) is 4.16. The molecule has 0 radical (unpaired) electrons. The fourth-order valence-electron chi connectivity index (χ4n) is 2.78. The number of benzene rings is 1. The van der Waals surface area contributed by atoms with E-state index in [-0.39, 0.29) is 29.0 Å². The maximum atomic E-state index is 12.4. The van der Waals surface area contributed by atoms with E-state index >= 15 is 0 Å². The largest absolute Gasteiger partial charge is 0.405 e. The molecule has 6 nitrogen and oxygen atoms in total. The number of anilines is 1. The van der Waals surface area contributed by atoms with Crippen molar-refractivity contribution in [2.75, 3.05) is 11.9 Å². The molecule has 1 aliphatic carbocycles. The first-order valence-corrected chi connectivity index (χ1v) is 7.98. The van der Waals surface area contributed by atoms with Crippen molar-refractivity contribution in [3.63, 3.8) is 0 Å². The molecule has 1 heterocycles. The van der Waals surface area contributed by atoms with Crippen molar-refractivity contribution in [2.24, 2.45) is 13.0 Å². The van der Waals surface area contributed by atoms with E-state index in [0.29, 0.717) is 6.42 Å². The summed E-state index contributed by atoms with van der Waals surface area (Å²) in [6.45, 7) is -1.43. The molecule has 1 saturated carbocycles. The van der Waals surface area contributed by atoms with Crippen LogP contribution in [-0.2, 0) is 11.8 Å². The van der Waals surface area contributed by atoms with Gasteiger partial charge in [-0.25, -0.2) is 0 Å². The van der Waals surface area contributed by atoms with Gasteiger partial charge < -0.3 is 10.6 Å². The lowest BCUT2D eigenvalue weighted by Gasteiger charge is -2.12. The smallest absolute Gasteiger partial charge is 0.343 e. The number of nitrogens with zero attached hydrogens (tertiary/aromatic N) is 2. The zero-order valence-electron chi connectivity index (χ0n) is 13.9. The third kappa shape index (κ3) is 4.22. The second-order valence-electron chi connectivity index (χ2n) is 6.23. The first kappa shape index (κ1) is 18.0. The predicted molar refractivity (Wildman–Crippen MR) is 87.5 cm³/mol. The summed E-state index contributed by atoms with van der Waals surface area (Å²) < 4.78 is 38.5. The summed E-state index contributed by atoms with van der Waals surface area (Å²) in [6, 6.07) is 5.98. The zero-order chi connectivity index (χ0) is 18.9. The Morgan fingerprint density at radius 3 is 2.69 bits per heavy atom. The molecule has 2 unspecified atom stereocenters. The predicted octanol–water partition coefficient (Wildman–Crippen LogP) is 2.45. The van der Waals surface area contributed by atoms with Crippen LogP contribution in [0.1, 0.15) is 28.3 Å². The maximum absolute atomic E-state index is 12.4. The Kier molecular flexibility index (Phi) is 4.71. The summed E-state index contributed by atoms with van der Waals surface area (Å²) in [4.78, 5) is 24.4. The molecule has 0 bridgehead atoms. The minimum absolute atomic E-state index is 0.0105. The standard InChI is InChI=1S/C17H17F3N4O2/c1-24-8-10(7-22-24)12-6-13(12)16(26)23-14-5-3-2-4-11(14)15(25)21-9-17(18,19)20/h2-5,7-8,12-13H,6,9H2,1H3,(H,21,25)(H,23,26). The minimum Gasteiger partial charge on any atom is -0.343 e. The van der Waals surface area contributed by atoms with Gasteiger partial charge in [-0.05, 0) is 30.0 Å². The number of nitrogens with one attached hydrogen (secondary N) is 2. The number of halogens is 3. The Morgan fingerprint density at radius 1 is 1.31 bits per heavy atom. The van der Waals surface area contributed by atoms with Crippen LogP contribution < -0.4 is 10.6 Å². The first-order chi connectivity index (χ1) is 12.2. The van der Waals surface area contributed by atoms with Crippen molar-refractivity contribution in [3.05, 3.63) is 47.8 Å². The highest BCUT2D eigenvalue weighted by atomic mass is 19.4. The summed E-state index contributed by atoms with van der Waals surface area (Å²) in [7, 11) is 1.79.